The Morgan fingerprint density at radius 2 is 2.05 bits per heavy atom. The van der Waals surface area contributed by atoms with Crippen LogP contribution in [0.25, 0.3) is 32.1 Å². The van der Waals surface area contributed by atoms with Crippen molar-refractivity contribution in [1.82, 2.24) is 9.97 Å². The summed E-state index contributed by atoms with van der Waals surface area (Å²) < 4.78 is 70.5. The Morgan fingerprint density at radius 1 is 1.27 bits per heavy atom. The molecule has 2 aromatic carbocycles. The Hall–Kier alpha value is -3.97. The molecule has 3 N–H and O–H groups in total. The molecule has 44 heavy (non-hydrogen) atoms. The van der Waals surface area contributed by atoms with Crippen LogP contribution in [0.1, 0.15) is 18.4 Å². The largest absolute Gasteiger partial charge is 0.465 e. The summed E-state index contributed by atoms with van der Waals surface area (Å²) in [4.78, 5) is 21.7. The first-order valence-corrected chi connectivity index (χ1v) is 14.5. The molecule has 1 aliphatic heterocycles. The Balaban J connectivity index is 1.55. The van der Waals surface area contributed by atoms with E-state index in [1.54, 1.807) is 4.90 Å². The molecule has 6 rings (SSSR count). The lowest BCUT2D eigenvalue weighted by Gasteiger charge is -2.24. The van der Waals surface area contributed by atoms with Gasteiger partial charge in [0, 0.05) is 42.5 Å². The zero-order valence-corrected chi connectivity index (χ0v) is 24.2. The fourth-order valence-electron chi connectivity index (χ4n) is 5.30. The average molecular weight is 652 g/mol. The normalized spacial score (nSPS) is 19.5. The van der Waals surface area contributed by atoms with Gasteiger partial charge in [0.05, 0.1) is 33.9 Å². The van der Waals surface area contributed by atoms with Crippen molar-refractivity contribution in [3.05, 3.63) is 40.4 Å². The molecule has 230 valence electrons. The zero-order chi connectivity index (χ0) is 31.4. The monoisotopic (exact) mass is 651 g/mol. The third-order valence-electron chi connectivity index (χ3n) is 7.75. The number of aromatic nitrogens is 2. The molecule has 4 aromatic rings. The van der Waals surface area contributed by atoms with Gasteiger partial charge >= 0.3 is 12.1 Å². The smallest absolute Gasteiger partial charge is 0.409 e. The number of aliphatic hydroxyl groups excluding tert-OH is 1. The van der Waals surface area contributed by atoms with Crippen LogP contribution >= 0.6 is 22.9 Å². The molecule has 2 fully saturated rings. The number of nitrogens with zero attached hydrogens (tertiary/aromatic N) is 4. The molecule has 1 aliphatic carbocycles. The van der Waals surface area contributed by atoms with Gasteiger partial charge in [-0.05, 0) is 24.1 Å². The number of carbonyl (C=O) groups is 1. The number of hydrogen-bond donors (Lipinski definition) is 3. The van der Waals surface area contributed by atoms with Crippen LogP contribution < -0.4 is 15.0 Å². The Bertz CT molecular complexity index is 1860. The number of aliphatic hydroxyl groups is 1. The zero-order valence-electron chi connectivity index (χ0n) is 22.6. The molecule has 2 aliphatic rings. The van der Waals surface area contributed by atoms with E-state index in [4.69, 9.17) is 21.1 Å². The van der Waals surface area contributed by atoms with Crippen molar-refractivity contribution in [2.45, 2.75) is 18.8 Å². The number of anilines is 2. The van der Waals surface area contributed by atoms with Crippen LogP contribution in [0.4, 0.5) is 33.2 Å². The van der Waals surface area contributed by atoms with Gasteiger partial charge in [0.25, 0.3) is 5.92 Å². The summed E-state index contributed by atoms with van der Waals surface area (Å²) in [5, 5.41) is 30.6. The van der Waals surface area contributed by atoms with E-state index >= 15 is 4.39 Å². The number of fused-ring (bicyclic) bond motifs is 2. The molecule has 2 aromatic heterocycles. The molecule has 0 radical (unpaired) electrons. The molecule has 10 nitrogen and oxygen atoms in total. The first-order chi connectivity index (χ1) is 21.0. The quantitative estimate of drug-likeness (QED) is 0.204. The van der Waals surface area contributed by atoms with Crippen molar-refractivity contribution in [3.63, 3.8) is 0 Å². The van der Waals surface area contributed by atoms with Crippen LogP contribution in [-0.4, -0.2) is 71.7 Å². The maximum atomic E-state index is 16.7. The molecule has 1 atom stereocenters. The Morgan fingerprint density at radius 3 is 2.73 bits per heavy atom. The van der Waals surface area contributed by atoms with Gasteiger partial charge in [-0.1, -0.05) is 17.7 Å². The van der Waals surface area contributed by atoms with Crippen LogP contribution in [0, 0.1) is 28.4 Å². The second kappa shape index (κ2) is 11.2. The number of nitrogens with one attached hydrogen (secondary N) is 1. The highest BCUT2D eigenvalue weighted by molar-refractivity contribution is 7.23. The van der Waals surface area contributed by atoms with Crippen molar-refractivity contribution in [3.8, 4) is 23.2 Å². The van der Waals surface area contributed by atoms with Gasteiger partial charge in [-0.15, -0.1) is 11.3 Å². The highest BCUT2D eigenvalue weighted by atomic mass is 35.5. The van der Waals surface area contributed by atoms with E-state index in [1.165, 1.54) is 12.1 Å². The second-order valence-electron chi connectivity index (χ2n) is 10.5. The van der Waals surface area contributed by atoms with Crippen LogP contribution in [-0.2, 0) is 4.74 Å². The third-order valence-corrected chi connectivity index (χ3v) is 9.16. The lowest BCUT2D eigenvalue weighted by molar-refractivity contribution is 0.0126. The SMILES string of the molecule is N#Cc1c(NC(=O)O)sc2c(F)ccc(-c3c(Cl)cc4c(N5CCCOCC5)nc(OC[C@]5(CO)CC5(F)F)nc4c3F)c12. The number of alkyl halides is 2. The van der Waals surface area contributed by atoms with Gasteiger partial charge in [-0.3, -0.25) is 5.32 Å². The number of hydrogen-bond acceptors (Lipinski definition) is 9. The predicted octanol–water partition coefficient (Wildman–Crippen LogP) is 6.03. The maximum Gasteiger partial charge on any atom is 0.409 e. The number of amides is 1. The van der Waals surface area contributed by atoms with Crippen molar-refractivity contribution < 1.29 is 42.0 Å². The Kier molecular flexibility index (Phi) is 7.65. The number of nitriles is 1. The summed E-state index contributed by atoms with van der Waals surface area (Å²) in [6.07, 6.45) is -1.45. The van der Waals surface area contributed by atoms with Gasteiger partial charge in [-0.25, -0.2) is 22.4 Å². The highest BCUT2D eigenvalue weighted by Gasteiger charge is 2.71. The summed E-state index contributed by atoms with van der Waals surface area (Å²) in [5.74, 6) is -4.68. The number of ether oxygens (including phenoxy) is 2. The molecule has 0 spiro atoms. The van der Waals surface area contributed by atoms with Gasteiger partial charge in [0.15, 0.2) is 5.82 Å². The van der Waals surface area contributed by atoms with Crippen LogP contribution in [0.3, 0.4) is 0 Å². The second-order valence-corrected chi connectivity index (χ2v) is 11.9. The molecular weight excluding hydrogens is 630 g/mol. The predicted molar refractivity (Wildman–Crippen MR) is 154 cm³/mol. The minimum atomic E-state index is -3.14. The van der Waals surface area contributed by atoms with Gasteiger partial charge in [-0.2, -0.15) is 15.2 Å². The molecular formula is C28H22ClF4N5O5S. The van der Waals surface area contributed by atoms with Gasteiger partial charge < -0.3 is 24.6 Å². The summed E-state index contributed by atoms with van der Waals surface area (Å²) in [5.41, 5.74) is -2.57. The van der Waals surface area contributed by atoms with E-state index < -0.39 is 54.7 Å². The average Bonchev–Trinajstić information content (AvgIpc) is 3.50. The van der Waals surface area contributed by atoms with Crippen LogP contribution in [0.5, 0.6) is 6.01 Å². The molecule has 0 bridgehead atoms. The van der Waals surface area contributed by atoms with Gasteiger partial charge in [0.2, 0.25) is 0 Å². The standard InChI is InChI=1S/C28H22ClF4N5O5S/c29-16-8-14-21(20(31)19(16)13-2-3-17(30)22-18(13)15(9-34)24(44-22)37-26(40)41)35-25(43-12-27(11-39)10-28(27,32)33)36-23(14)38-4-1-6-42-7-5-38/h2-3,8,37,39H,1,4-7,10-12H2,(H,40,41)/t27-/m1/s1. The van der Waals surface area contributed by atoms with Crippen LogP contribution in [0.15, 0.2) is 18.2 Å². The van der Waals surface area contributed by atoms with E-state index in [0.717, 1.165) is 6.07 Å². The number of carboxylic acid groups (broad SMARTS) is 1. The summed E-state index contributed by atoms with van der Waals surface area (Å²) in [6, 6.07) is 5.12. The van der Waals surface area contributed by atoms with Crippen molar-refractivity contribution in [1.29, 1.82) is 5.26 Å². The van der Waals surface area contributed by atoms with E-state index in [-0.39, 0.29) is 53.5 Å². The molecule has 3 heterocycles. The fourth-order valence-corrected chi connectivity index (χ4v) is 6.67. The number of benzene rings is 2. The lowest BCUT2D eigenvalue weighted by atomic mass is 9.97. The Labute approximate surface area is 255 Å². The third kappa shape index (κ3) is 5.01. The van der Waals surface area contributed by atoms with Crippen molar-refractivity contribution in [2.24, 2.45) is 5.41 Å². The molecule has 1 saturated heterocycles. The highest BCUT2D eigenvalue weighted by Crippen LogP contribution is 2.60. The minimum Gasteiger partial charge on any atom is -0.465 e. The first kappa shape index (κ1) is 30.1. The minimum absolute atomic E-state index is 0.000280. The molecule has 1 amide bonds. The lowest BCUT2D eigenvalue weighted by Crippen LogP contribution is -2.28. The van der Waals surface area contributed by atoms with E-state index in [0.29, 0.717) is 44.1 Å². The number of rotatable bonds is 7. The summed E-state index contributed by atoms with van der Waals surface area (Å²) >= 11 is 7.34. The molecule has 0 unspecified atom stereocenters. The summed E-state index contributed by atoms with van der Waals surface area (Å²) in [6.45, 7) is 0.194. The van der Waals surface area contributed by atoms with E-state index in [2.05, 4.69) is 15.3 Å². The topological polar surface area (TPSA) is 141 Å². The van der Waals surface area contributed by atoms with Crippen molar-refractivity contribution >= 4 is 60.8 Å². The fraction of sp³-hybridized carbons (Fsp3) is 0.357. The first-order valence-electron chi connectivity index (χ1n) is 13.3. The van der Waals surface area contributed by atoms with Crippen molar-refractivity contribution in [2.75, 3.05) is 49.7 Å². The summed E-state index contributed by atoms with van der Waals surface area (Å²) in [7, 11) is 0. The van der Waals surface area contributed by atoms with E-state index in [1.807, 2.05) is 6.07 Å². The molecule has 1 saturated carbocycles. The number of thiophene rings is 1. The molecule has 16 heteroatoms. The number of halogens is 5. The van der Waals surface area contributed by atoms with Gasteiger partial charge in [0.1, 0.15) is 34.8 Å². The maximum absolute atomic E-state index is 16.7. The van der Waals surface area contributed by atoms with Crippen LogP contribution in [0.2, 0.25) is 5.02 Å². The van der Waals surface area contributed by atoms with E-state index in [9.17, 15) is 33.4 Å².